The molecule has 0 aromatic heterocycles. The molecular formula is C16H12BrFO2. The Bertz CT molecular complexity index is 648. The second kappa shape index (κ2) is 6.48. The van der Waals surface area contributed by atoms with Gasteiger partial charge in [-0.25, -0.2) is 4.39 Å². The third-order valence-electron chi connectivity index (χ3n) is 2.73. The molecule has 20 heavy (non-hydrogen) atoms. The van der Waals surface area contributed by atoms with E-state index in [0.29, 0.717) is 11.1 Å². The molecule has 0 saturated heterocycles. The summed E-state index contributed by atoms with van der Waals surface area (Å²) in [7, 11) is 1.41. The maximum Gasteiger partial charge on any atom is 0.185 e. The van der Waals surface area contributed by atoms with Crippen LogP contribution in [-0.2, 0) is 0 Å². The third kappa shape index (κ3) is 3.54. The highest BCUT2D eigenvalue weighted by atomic mass is 79.9. The first-order valence-corrected chi connectivity index (χ1v) is 6.71. The molecule has 0 spiro atoms. The van der Waals surface area contributed by atoms with Crippen molar-refractivity contribution in [2.24, 2.45) is 0 Å². The van der Waals surface area contributed by atoms with Gasteiger partial charge in [0.15, 0.2) is 17.3 Å². The SMILES string of the molecule is COc1ccc(/C=C/C(=O)c2ccc(Br)cc2)cc1F. The van der Waals surface area contributed by atoms with E-state index < -0.39 is 5.82 Å². The Hall–Kier alpha value is -1.94. The van der Waals surface area contributed by atoms with E-state index in [1.165, 1.54) is 25.3 Å². The minimum absolute atomic E-state index is 0.131. The fourth-order valence-corrected chi connectivity index (χ4v) is 1.93. The van der Waals surface area contributed by atoms with Gasteiger partial charge in [-0.05, 0) is 48.0 Å². The molecular weight excluding hydrogens is 323 g/mol. The first kappa shape index (κ1) is 14.5. The van der Waals surface area contributed by atoms with Crippen LogP contribution in [0, 0.1) is 5.82 Å². The van der Waals surface area contributed by atoms with Crippen molar-refractivity contribution in [2.75, 3.05) is 7.11 Å². The van der Waals surface area contributed by atoms with E-state index in [4.69, 9.17) is 4.74 Å². The van der Waals surface area contributed by atoms with Crippen molar-refractivity contribution in [1.82, 2.24) is 0 Å². The lowest BCUT2D eigenvalue weighted by molar-refractivity contribution is 0.104. The van der Waals surface area contributed by atoms with Crippen LogP contribution in [0.3, 0.4) is 0 Å². The second-order valence-corrected chi connectivity index (χ2v) is 5.01. The Morgan fingerprint density at radius 2 is 1.90 bits per heavy atom. The van der Waals surface area contributed by atoms with E-state index in [1.807, 2.05) is 0 Å². The van der Waals surface area contributed by atoms with Gasteiger partial charge in [0.25, 0.3) is 0 Å². The van der Waals surface area contributed by atoms with E-state index in [0.717, 1.165) is 4.47 Å². The predicted molar refractivity (Wildman–Crippen MR) is 80.5 cm³/mol. The number of carbonyl (C=O) groups is 1. The van der Waals surface area contributed by atoms with Crippen molar-refractivity contribution in [2.45, 2.75) is 0 Å². The quantitative estimate of drug-likeness (QED) is 0.608. The number of ketones is 1. The zero-order valence-electron chi connectivity index (χ0n) is 10.8. The fraction of sp³-hybridized carbons (Fsp3) is 0.0625. The lowest BCUT2D eigenvalue weighted by Crippen LogP contribution is -1.93. The van der Waals surface area contributed by atoms with Gasteiger partial charge in [0.1, 0.15) is 0 Å². The lowest BCUT2D eigenvalue weighted by atomic mass is 10.1. The van der Waals surface area contributed by atoms with Crippen LogP contribution in [0.2, 0.25) is 0 Å². The topological polar surface area (TPSA) is 26.3 Å². The molecule has 0 radical (unpaired) electrons. The maximum atomic E-state index is 13.5. The monoisotopic (exact) mass is 334 g/mol. The van der Waals surface area contributed by atoms with Gasteiger partial charge in [0.05, 0.1) is 7.11 Å². The van der Waals surface area contributed by atoms with Crippen LogP contribution in [0.1, 0.15) is 15.9 Å². The van der Waals surface area contributed by atoms with Crippen LogP contribution in [0.5, 0.6) is 5.75 Å². The molecule has 4 heteroatoms. The summed E-state index contributed by atoms with van der Waals surface area (Å²) in [5.41, 5.74) is 1.19. The van der Waals surface area contributed by atoms with Crippen LogP contribution in [0.15, 0.2) is 53.0 Å². The third-order valence-corrected chi connectivity index (χ3v) is 3.26. The lowest BCUT2D eigenvalue weighted by Gasteiger charge is -2.02. The summed E-state index contributed by atoms with van der Waals surface area (Å²) in [6, 6.07) is 11.6. The molecule has 0 aliphatic carbocycles. The molecule has 0 fully saturated rings. The molecule has 0 saturated carbocycles. The fourth-order valence-electron chi connectivity index (χ4n) is 1.67. The molecule has 2 aromatic carbocycles. The van der Waals surface area contributed by atoms with E-state index in [1.54, 1.807) is 36.4 Å². The van der Waals surface area contributed by atoms with Crippen LogP contribution >= 0.6 is 15.9 Å². The summed E-state index contributed by atoms with van der Waals surface area (Å²) in [6.07, 6.45) is 3.00. The zero-order valence-corrected chi connectivity index (χ0v) is 12.4. The summed E-state index contributed by atoms with van der Waals surface area (Å²) in [4.78, 5) is 11.9. The maximum absolute atomic E-state index is 13.5. The number of rotatable bonds is 4. The van der Waals surface area contributed by atoms with Gasteiger partial charge < -0.3 is 4.74 Å². The summed E-state index contributed by atoms with van der Waals surface area (Å²) < 4.78 is 19.2. The number of methoxy groups -OCH3 is 1. The largest absolute Gasteiger partial charge is 0.494 e. The minimum Gasteiger partial charge on any atom is -0.494 e. The molecule has 0 aliphatic heterocycles. The molecule has 0 N–H and O–H groups in total. The highest BCUT2D eigenvalue weighted by molar-refractivity contribution is 9.10. The summed E-state index contributed by atoms with van der Waals surface area (Å²) >= 11 is 3.31. The first-order valence-electron chi connectivity index (χ1n) is 5.91. The normalized spacial score (nSPS) is 10.8. The highest BCUT2D eigenvalue weighted by Crippen LogP contribution is 2.18. The van der Waals surface area contributed by atoms with Gasteiger partial charge in [-0.15, -0.1) is 0 Å². The van der Waals surface area contributed by atoms with Gasteiger partial charge in [-0.1, -0.05) is 28.1 Å². The standard InChI is InChI=1S/C16H12BrFO2/c1-20-16-9-3-11(10-14(16)18)2-8-15(19)12-4-6-13(17)7-5-12/h2-10H,1H3/b8-2+. The molecule has 2 nitrogen and oxygen atoms in total. The number of hydrogen-bond donors (Lipinski definition) is 0. The average molecular weight is 335 g/mol. The van der Waals surface area contributed by atoms with Crippen molar-refractivity contribution >= 4 is 27.8 Å². The number of ether oxygens (including phenoxy) is 1. The van der Waals surface area contributed by atoms with E-state index in [-0.39, 0.29) is 11.5 Å². The van der Waals surface area contributed by atoms with Crippen molar-refractivity contribution < 1.29 is 13.9 Å². The number of halogens is 2. The molecule has 2 aromatic rings. The number of allylic oxidation sites excluding steroid dienone is 1. The summed E-state index contributed by atoms with van der Waals surface area (Å²) in [5, 5.41) is 0. The predicted octanol–water partition coefficient (Wildman–Crippen LogP) is 4.49. The second-order valence-electron chi connectivity index (χ2n) is 4.10. The number of benzene rings is 2. The molecule has 102 valence electrons. The molecule has 0 bridgehead atoms. The van der Waals surface area contributed by atoms with Crippen molar-refractivity contribution in [3.8, 4) is 5.75 Å². The van der Waals surface area contributed by atoms with Gasteiger partial charge in [0.2, 0.25) is 0 Å². The Morgan fingerprint density at radius 1 is 1.20 bits per heavy atom. The van der Waals surface area contributed by atoms with Crippen LogP contribution in [0.4, 0.5) is 4.39 Å². The molecule has 2 rings (SSSR count). The molecule has 0 amide bonds. The summed E-state index contributed by atoms with van der Waals surface area (Å²) in [5.74, 6) is -0.402. The molecule has 0 atom stereocenters. The van der Waals surface area contributed by atoms with Crippen LogP contribution in [-0.4, -0.2) is 12.9 Å². The van der Waals surface area contributed by atoms with Gasteiger partial charge in [0, 0.05) is 10.0 Å². The Kier molecular flexibility index (Phi) is 4.69. The Labute approximate surface area is 125 Å². The van der Waals surface area contributed by atoms with Crippen LogP contribution in [0.25, 0.3) is 6.08 Å². The first-order chi connectivity index (χ1) is 9.60. The number of hydrogen-bond acceptors (Lipinski definition) is 2. The number of carbonyl (C=O) groups excluding carboxylic acids is 1. The smallest absolute Gasteiger partial charge is 0.185 e. The van der Waals surface area contributed by atoms with Gasteiger partial charge in [-0.3, -0.25) is 4.79 Å². The van der Waals surface area contributed by atoms with Crippen LogP contribution < -0.4 is 4.74 Å². The van der Waals surface area contributed by atoms with E-state index in [9.17, 15) is 9.18 Å². The minimum atomic E-state index is -0.453. The molecule has 0 heterocycles. The van der Waals surface area contributed by atoms with Crippen molar-refractivity contribution in [3.63, 3.8) is 0 Å². The summed E-state index contributed by atoms with van der Waals surface area (Å²) in [6.45, 7) is 0. The molecule has 0 aliphatic rings. The van der Waals surface area contributed by atoms with E-state index >= 15 is 0 Å². The average Bonchev–Trinajstić information content (AvgIpc) is 2.45. The highest BCUT2D eigenvalue weighted by Gasteiger charge is 2.03. The van der Waals surface area contributed by atoms with Crippen molar-refractivity contribution in [3.05, 3.63) is 70.0 Å². The van der Waals surface area contributed by atoms with Crippen molar-refractivity contribution in [1.29, 1.82) is 0 Å². The Balaban J connectivity index is 2.14. The Morgan fingerprint density at radius 3 is 2.50 bits per heavy atom. The molecule has 0 unspecified atom stereocenters. The van der Waals surface area contributed by atoms with E-state index in [2.05, 4.69) is 15.9 Å². The van der Waals surface area contributed by atoms with Gasteiger partial charge >= 0.3 is 0 Å². The zero-order chi connectivity index (χ0) is 14.5. The van der Waals surface area contributed by atoms with Gasteiger partial charge in [-0.2, -0.15) is 0 Å².